The third kappa shape index (κ3) is 0.598. The van der Waals surface area contributed by atoms with Crippen LogP contribution in [0.2, 0.25) is 0 Å². The molecule has 0 aliphatic carbocycles. The first-order chi connectivity index (χ1) is 4.47. The summed E-state index contributed by atoms with van der Waals surface area (Å²) in [4.78, 5) is 6.81. The SMILES string of the molecule is [c]1nccc2c[nH]cc12. The first-order valence-corrected chi connectivity index (χ1v) is 2.76. The molecule has 2 aromatic rings. The van der Waals surface area contributed by atoms with Crippen LogP contribution in [0.3, 0.4) is 0 Å². The number of fused-ring (bicyclic) bond motifs is 1. The Labute approximate surface area is 52.5 Å². The summed E-state index contributed by atoms with van der Waals surface area (Å²) in [6, 6.07) is 1.95. The maximum atomic E-state index is 3.84. The number of hydrogen-bond acceptors (Lipinski definition) is 1. The van der Waals surface area contributed by atoms with Gasteiger partial charge in [0.15, 0.2) is 0 Å². The van der Waals surface area contributed by atoms with Crippen LogP contribution in [0.1, 0.15) is 0 Å². The molecular formula is C7H5N2. The Bertz CT molecular complexity index is 281. The number of H-pyrrole nitrogens is 1. The van der Waals surface area contributed by atoms with Crippen LogP contribution >= 0.6 is 0 Å². The van der Waals surface area contributed by atoms with E-state index in [1.54, 1.807) is 6.20 Å². The normalized spacial score (nSPS) is 10.2. The average molecular weight is 117 g/mol. The molecule has 2 rings (SSSR count). The number of nitrogens with one attached hydrogen (secondary N) is 1. The summed E-state index contributed by atoms with van der Waals surface area (Å²) < 4.78 is 0. The minimum atomic E-state index is 1.04. The summed E-state index contributed by atoms with van der Waals surface area (Å²) >= 11 is 0. The van der Waals surface area contributed by atoms with Crippen molar-refractivity contribution in [2.24, 2.45) is 0 Å². The van der Waals surface area contributed by atoms with Crippen LogP contribution in [-0.2, 0) is 0 Å². The number of aromatic amines is 1. The summed E-state index contributed by atoms with van der Waals surface area (Å²) in [6.45, 7) is 0. The van der Waals surface area contributed by atoms with Crippen LogP contribution in [-0.4, -0.2) is 9.97 Å². The van der Waals surface area contributed by atoms with E-state index < -0.39 is 0 Å². The van der Waals surface area contributed by atoms with Crippen molar-refractivity contribution in [1.82, 2.24) is 9.97 Å². The fraction of sp³-hybridized carbons (Fsp3) is 0. The van der Waals surface area contributed by atoms with Crippen molar-refractivity contribution in [3.05, 3.63) is 30.9 Å². The minimum absolute atomic E-state index is 1.04. The topological polar surface area (TPSA) is 28.7 Å². The Morgan fingerprint density at radius 2 is 2.44 bits per heavy atom. The second-order valence-electron chi connectivity index (χ2n) is 1.88. The molecule has 0 unspecified atom stereocenters. The van der Waals surface area contributed by atoms with Crippen molar-refractivity contribution in [3.63, 3.8) is 0 Å². The molecule has 0 aliphatic rings. The average Bonchev–Trinajstić information content (AvgIpc) is 2.33. The number of pyridine rings is 1. The van der Waals surface area contributed by atoms with E-state index in [0.717, 1.165) is 10.8 Å². The molecule has 1 radical (unpaired) electrons. The lowest BCUT2D eigenvalue weighted by Crippen LogP contribution is -1.66. The molecule has 2 heterocycles. The van der Waals surface area contributed by atoms with Crippen LogP contribution < -0.4 is 0 Å². The Morgan fingerprint density at radius 1 is 1.44 bits per heavy atom. The molecule has 2 aromatic heterocycles. The molecule has 43 valence electrons. The van der Waals surface area contributed by atoms with Gasteiger partial charge in [-0.05, 0) is 6.07 Å². The van der Waals surface area contributed by atoms with Gasteiger partial charge in [-0.25, -0.2) is 0 Å². The molecule has 0 atom stereocenters. The lowest BCUT2D eigenvalue weighted by atomic mass is 10.3. The predicted octanol–water partition coefficient (Wildman–Crippen LogP) is 1.36. The third-order valence-corrected chi connectivity index (χ3v) is 1.29. The Kier molecular flexibility index (Phi) is 0.803. The number of rotatable bonds is 0. The zero-order chi connectivity index (χ0) is 6.10. The van der Waals surface area contributed by atoms with Gasteiger partial charge in [-0.3, -0.25) is 4.98 Å². The highest BCUT2D eigenvalue weighted by molar-refractivity contribution is 5.79. The van der Waals surface area contributed by atoms with Crippen LogP contribution in [0.5, 0.6) is 0 Å². The standard InChI is InChI=1S/C7H5N2/c1-2-8-4-7-5-9-3-6(1)7/h1-3,5,9H. The lowest BCUT2D eigenvalue weighted by molar-refractivity contribution is 1.35. The molecule has 0 saturated heterocycles. The molecule has 0 aromatic carbocycles. The highest BCUT2D eigenvalue weighted by atomic mass is 14.7. The van der Waals surface area contributed by atoms with Crippen LogP contribution in [0, 0.1) is 6.20 Å². The molecule has 2 heteroatoms. The zero-order valence-electron chi connectivity index (χ0n) is 4.76. The van der Waals surface area contributed by atoms with E-state index in [4.69, 9.17) is 0 Å². The highest BCUT2D eigenvalue weighted by Crippen LogP contribution is 2.07. The first-order valence-electron chi connectivity index (χ1n) is 2.76. The Hall–Kier alpha value is -1.31. The minimum Gasteiger partial charge on any atom is -0.366 e. The molecule has 0 saturated carbocycles. The summed E-state index contributed by atoms with van der Waals surface area (Å²) in [6.07, 6.45) is 8.38. The molecule has 0 bridgehead atoms. The van der Waals surface area contributed by atoms with E-state index in [1.165, 1.54) is 0 Å². The maximum Gasteiger partial charge on any atom is 0.0986 e. The van der Waals surface area contributed by atoms with E-state index in [2.05, 4.69) is 16.2 Å². The third-order valence-electron chi connectivity index (χ3n) is 1.29. The van der Waals surface area contributed by atoms with Gasteiger partial charge in [-0.2, -0.15) is 0 Å². The summed E-state index contributed by atoms with van der Waals surface area (Å²) in [5, 5.41) is 2.20. The second-order valence-corrected chi connectivity index (χ2v) is 1.88. The van der Waals surface area contributed by atoms with Gasteiger partial charge in [0.2, 0.25) is 0 Å². The molecule has 0 spiro atoms. The van der Waals surface area contributed by atoms with Crippen molar-refractivity contribution in [3.8, 4) is 0 Å². The first kappa shape index (κ1) is 4.56. The number of aromatic nitrogens is 2. The van der Waals surface area contributed by atoms with Crippen molar-refractivity contribution in [1.29, 1.82) is 0 Å². The molecular weight excluding hydrogens is 112 g/mol. The monoisotopic (exact) mass is 117 g/mol. The van der Waals surface area contributed by atoms with Crippen LogP contribution in [0.15, 0.2) is 24.7 Å². The van der Waals surface area contributed by atoms with Gasteiger partial charge in [0.25, 0.3) is 0 Å². The largest absolute Gasteiger partial charge is 0.366 e. The van der Waals surface area contributed by atoms with Gasteiger partial charge in [-0.1, -0.05) is 0 Å². The van der Waals surface area contributed by atoms with Crippen molar-refractivity contribution >= 4 is 10.8 Å². The van der Waals surface area contributed by atoms with Gasteiger partial charge in [0, 0.05) is 29.4 Å². The predicted molar refractivity (Wildman–Crippen MR) is 34.9 cm³/mol. The van der Waals surface area contributed by atoms with Crippen molar-refractivity contribution < 1.29 is 0 Å². The van der Waals surface area contributed by atoms with Gasteiger partial charge < -0.3 is 4.98 Å². The lowest BCUT2D eigenvalue weighted by Gasteiger charge is -1.80. The quantitative estimate of drug-likeness (QED) is 0.554. The van der Waals surface area contributed by atoms with E-state index in [1.807, 2.05) is 18.5 Å². The molecule has 9 heavy (non-hydrogen) atoms. The molecule has 1 N–H and O–H groups in total. The highest BCUT2D eigenvalue weighted by Gasteiger charge is 1.88. The molecule has 2 nitrogen and oxygen atoms in total. The second kappa shape index (κ2) is 1.58. The molecule has 0 aliphatic heterocycles. The van der Waals surface area contributed by atoms with E-state index in [9.17, 15) is 0 Å². The Balaban J connectivity index is 2.95. The number of hydrogen-bond donors (Lipinski definition) is 1. The van der Waals surface area contributed by atoms with Gasteiger partial charge in [0.1, 0.15) is 0 Å². The maximum absolute atomic E-state index is 3.84. The Morgan fingerprint density at radius 3 is 3.33 bits per heavy atom. The van der Waals surface area contributed by atoms with Crippen molar-refractivity contribution in [2.75, 3.05) is 0 Å². The summed E-state index contributed by atoms with van der Waals surface area (Å²) in [5.74, 6) is 0. The van der Waals surface area contributed by atoms with Gasteiger partial charge in [0.05, 0.1) is 6.20 Å². The van der Waals surface area contributed by atoms with Gasteiger partial charge in [-0.15, -0.1) is 0 Å². The summed E-state index contributed by atoms with van der Waals surface area (Å²) in [7, 11) is 0. The van der Waals surface area contributed by atoms with E-state index in [0.29, 0.717) is 0 Å². The van der Waals surface area contributed by atoms with Crippen molar-refractivity contribution in [2.45, 2.75) is 0 Å². The smallest absolute Gasteiger partial charge is 0.0986 e. The van der Waals surface area contributed by atoms with Gasteiger partial charge >= 0.3 is 0 Å². The fourth-order valence-corrected chi connectivity index (χ4v) is 0.835. The van der Waals surface area contributed by atoms with Crippen LogP contribution in [0.4, 0.5) is 0 Å². The van der Waals surface area contributed by atoms with E-state index >= 15 is 0 Å². The fourth-order valence-electron chi connectivity index (χ4n) is 0.835. The zero-order valence-corrected chi connectivity index (χ0v) is 4.76. The van der Waals surface area contributed by atoms with E-state index in [-0.39, 0.29) is 0 Å². The van der Waals surface area contributed by atoms with Crippen LogP contribution in [0.25, 0.3) is 10.8 Å². The number of nitrogens with zero attached hydrogens (tertiary/aromatic N) is 1. The summed E-state index contributed by atoms with van der Waals surface area (Å²) in [5.41, 5.74) is 0. The molecule has 0 fully saturated rings. The molecule has 0 amide bonds.